The van der Waals surface area contributed by atoms with Crippen molar-refractivity contribution in [2.24, 2.45) is 0 Å². The maximum atomic E-state index is 13.1. The Bertz CT molecular complexity index is 774. The van der Waals surface area contributed by atoms with Crippen molar-refractivity contribution in [3.05, 3.63) is 57.4 Å². The van der Waals surface area contributed by atoms with Crippen molar-refractivity contribution in [1.29, 1.82) is 0 Å². The minimum absolute atomic E-state index is 0.0237. The molecule has 0 aliphatic rings. The summed E-state index contributed by atoms with van der Waals surface area (Å²) in [7, 11) is 0. The molecule has 1 heterocycles. The maximum absolute atomic E-state index is 13.1. The number of nitrogens with one attached hydrogen (secondary N) is 1. The van der Waals surface area contributed by atoms with Gasteiger partial charge in [-0.3, -0.25) is 14.9 Å². The molecular formula is C14H11FN2O5S. The number of hydrogen-bond acceptors (Lipinski definition) is 6. The molecule has 1 aromatic carbocycles. The molecule has 9 heteroatoms. The molecule has 0 fully saturated rings. The predicted molar refractivity (Wildman–Crippen MR) is 81.3 cm³/mol. The van der Waals surface area contributed by atoms with E-state index in [1.54, 1.807) is 6.92 Å². The van der Waals surface area contributed by atoms with E-state index >= 15 is 0 Å². The summed E-state index contributed by atoms with van der Waals surface area (Å²) < 4.78 is 17.9. The molecule has 2 aromatic rings. The zero-order valence-corrected chi connectivity index (χ0v) is 12.7. The predicted octanol–water partition coefficient (Wildman–Crippen LogP) is 3.22. The number of halogens is 1. The van der Waals surface area contributed by atoms with Crippen molar-refractivity contribution >= 4 is 33.2 Å². The molecule has 1 amide bonds. The standard InChI is InChI=1S/C14H11FN2O5S/c1-2-22-14(19)10-7-11(17(20)21)23-13(10)16-12(18)8-4-3-5-9(15)6-8/h3-7H,2H2,1H3,(H,16,18). The van der Waals surface area contributed by atoms with Crippen molar-refractivity contribution in [1.82, 2.24) is 0 Å². The largest absolute Gasteiger partial charge is 0.462 e. The molecule has 1 aromatic heterocycles. The molecule has 0 radical (unpaired) electrons. The van der Waals surface area contributed by atoms with Gasteiger partial charge in [0.2, 0.25) is 0 Å². The van der Waals surface area contributed by atoms with Crippen molar-refractivity contribution in [3.63, 3.8) is 0 Å². The van der Waals surface area contributed by atoms with Gasteiger partial charge in [-0.25, -0.2) is 9.18 Å². The molecule has 2 rings (SSSR count). The van der Waals surface area contributed by atoms with Crippen molar-refractivity contribution in [2.75, 3.05) is 11.9 Å². The Kier molecular flexibility index (Phi) is 5.02. The second-order valence-electron chi connectivity index (χ2n) is 4.27. The number of nitro groups is 1. The average Bonchev–Trinajstić information content (AvgIpc) is 2.91. The summed E-state index contributed by atoms with van der Waals surface area (Å²) in [5.74, 6) is -2.07. The lowest BCUT2D eigenvalue weighted by Gasteiger charge is -2.05. The third kappa shape index (κ3) is 3.89. The SMILES string of the molecule is CCOC(=O)c1cc([N+](=O)[O-])sc1NC(=O)c1cccc(F)c1. The molecule has 0 aliphatic carbocycles. The summed E-state index contributed by atoms with van der Waals surface area (Å²) in [5.41, 5.74) is -0.0934. The quantitative estimate of drug-likeness (QED) is 0.513. The van der Waals surface area contributed by atoms with Gasteiger partial charge in [-0.05, 0) is 36.5 Å². The number of amides is 1. The summed E-state index contributed by atoms with van der Waals surface area (Å²) >= 11 is 0.623. The molecule has 7 nitrogen and oxygen atoms in total. The minimum Gasteiger partial charge on any atom is -0.462 e. The normalized spacial score (nSPS) is 10.2. The average molecular weight is 338 g/mol. The Morgan fingerprint density at radius 2 is 2.13 bits per heavy atom. The van der Waals surface area contributed by atoms with Crippen LogP contribution in [0.2, 0.25) is 0 Å². The van der Waals surface area contributed by atoms with Gasteiger partial charge in [0, 0.05) is 11.6 Å². The molecule has 0 aliphatic heterocycles. The highest BCUT2D eigenvalue weighted by Crippen LogP contribution is 2.34. The highest BCUT2D eigenvalue weighted by atomic mass is 32.1. The Labute approximate surface area is 133 Å². The zero-order valence-electron chi connectivity index (χ0n) is 11.9. The van der Waals surface area contributed by atoms with E-state index in [4.69, 9.17) is 4.74 Å². The Balaban J connectivity index is 2.32. The lowest BCUT2D eigenvalue weighted by Crippen LogP contribution is -2.14. The van der Waals surface area contributed by atoms with Crippen LogP contribution < -0.4 is 5.32 Å². The molecule has 0 unspecified atom stereocenters. The van der Waals surface area contributed by atoms with Crippen LogP contribution in [0.1, 0.15) is 27.6 Å². The van der Waals surface area contributed by atoms with Gasteiger partial charge in [-0.15, -0.1) is 0 Å². The number of esters is 1. The lowest BCUT2D eigenvalue weighted by atomic mass is 10.2. The fraction of sp³-hybridized carbons (Fsp3) is 0.143. The smallest absolute Gasteiger partial charge is 0.341 e. The van der Waals surface area contributed by atoms with Crippen LogP contribution in [0.3, 0.4) is 0 Å². The van der Waals surface area contributed by atoms with E-state index in [-0.39, 0.29) is 27.7 Å². The van der Waals surface area contributed by atoms with Crippen molar-refractivity contribution < 1.29 is 23.6 Å². The zero-order chi connectivity index (χ0) is 17.0. The van der Waals surface area contributed by atoms with Gasteiger partial charge in [0.25, 0.3) is 5.91 Å². The third-order valence-corrected chi connectivity index (χ3v) is 3.71. The fourth-order valence-corrected chi connectivity index (χ4v) is 2.58. The summed E-state index contributed by atoms with van der Waals surface area (Å²) in [4.78, 5) is 34.1. The summed E-state index contributed by atoms with van der Waals surface area (Å²) in [6.45, 7) is 1.67. The molecule has 120 valence electrons. The monoisotopic (exact) mass is 338 g/mol. The van der Waals surface area contributed by atoms with Gasteiger partial charge in [0.1, 0.15) is 16.4 Å². The molecular weight excluding hydrogens is 327 g/mol. The van der Waals surface area contributed by atoms with Crippen LogP contribution in [-0.2, 0) is 4.74 Å². The number of anilines is 1. The molecule has 0 saturated carbocycles. The molecule has 0 spiro atoms. The van der Waals surface area contributed by atoms with Crippen LogP contribution in [0, 0.1) is 15.9 Å². The number of rotatable bonds is 5. The Morgan fingerprint density at radius 1 is 1.39 bits per heavy atom. The number of carbonyl (C=O) groups excluding carboxylic acids is 2. The third-order valence-electron chi connectivity index (χ3n) is 2.71. The summed E-state index contributed by atoms with van der Waals surface area (Å²) in [5, 5.41) is 12.9. The van der Waals surface area contributed by atoms with E-state index in [1.807, 2.05) is 0 Å². The summed E-state index contributed by atoms with van der Waals surface area (Å²) in [6, 6.07) is 5.96. The Hall–Kier alpha value is -2.81. The number of hydrogen-bond donors (Lipinski definition) is 1. The Morgan fingerprint density at radius 3 is 2.74 bits per heavy atom. The number of ether oxygens (including phenoxy) is 1. The lowest BCUT2D eigenvalue weighted by molar-refractivity contribution is -0.380. The van der Waals surface area contributed by atoms with Crippen LogP contribution in [0.5, 0.6) is 0 Å². The second kappa shape index (κ2) is 6.97. The molecule has 0 bridgehead atoms. The summed E-state index contributed by atoms with van der Waals surface area (Å²) in [6.07, 6.45) is 0. The first kappa shape index (κ1) is 16.6. The number of benzene rings is 1. The van der Waals surface area contributed by atoms with Crippen LogP contribution >= 0.6 is 11.3 Å². The highest BCUT2D eigenvalue weighted by Gasteiger charge is 2.24. The first-order valence-electron chi connectivity index (χ1n) is 6.44. The van der Waals surface area contributed by atoms with E-state index < -0.39 is 22.6 Å². The number of nitrogens with zero attached hydrogens (tertiary/aromatic N) is 1. The minimum atomic E-state index is -0.786. The maximum Gasteiger partial charge on any atom is 0.341 e. The van der Waals surface area contributed by atoms with E-state index in [9.17, 15) is 24.1 Å². The van der Waals surface area contributed by atoms with Gasteiger partial charge < -0.3 is 10.1 Å². The first-order chi connectivity index (χ1) is 10.9. The topological polar surface area (TPSA) is 98.5 Å². The highest BCUT2D eigenvalue weighted by molar-refractivity contribution is 7.19. The number of thiophene rings is 1. The molecule has 23 heavy (non-hydrogen) atoms. The van der Waals surface area contributed by atoms with Gasteiger partial charge in [0.15, 0.2) is 0 Å². The van der Waals surface area contributed by atoms with E-state index in [0.717, 1.165) is 12.1 Å². The number of carbonyl (C=O) groups is 2. The van der Waals surface area contributed by atoms with Gasteiger partial charge in [0.05, 0.1) is 11.5 Å². The van der Waals surface area contributed by atoms with Crippen LogP contribution in [-0.4, -0.2) is 23.4 Å². The van der Waals surface area contributed by atoms with Crippen LogP contribution in [0.25, 0.3) is 0 Å². The van der Waals surface area contributed by atoms with Gasteiger partial charge in [-0.1, -0.05) is 6.07 Å². The second-order valence-corrected chi connectivity index (χ2v) is 5.30. The first-order valence-corrected chi connectivity index (χ1v) is 7.26. The molecule has 0 saturated heterocycles. The van der Waals surface area contributed by atoms with Crippen LogP contribution in [0.15, 0.2) is 30.3 Å². The molecule has 0 atom stereocenters. The van der Waals surface area contributed by atoms with E-state index in [0.29, 0.717) is 11.3 Å². The van der Waals surface area contributed by atoms with Gasteiger partial charge >= 0.3 is 11.0 Å². The van der Waals surface area contributed by atoms with E-state index in [1.165, 1.54) is 18.2 Å². The van der Waals surface area contributed by atoms with Gasteiger partial charge in [-0.2, -0.15) is 0 Å². The molecule has 1 N–H and O–H groups in total. The fourth-order valence-electron chi connectivity index (χ4n) is 1.73. The van der Waals surface area contributed by atoms with Crippen LogP contribution in [0.4, 0.5) is 14.4 Å². The van der Waals surface area contributed by atoms with E-state index in [2.05, 4.69) is 5.32 Å². The van der Waals surface area contributed by atoms with Crippen molar-refractivity contribution in [3.8, 4) is 0 Å². The van der Waals surface area contributed by atoms with Crippen molar-refractivity contribution in [2.45, 2.75) is 6.92 Å².